The summed E-state index contributed by atoms with van der Waals surface area (Å²) in [6.07, 6.45) is 0. The van der Waals surface area contributed by atoms with Crippen LogP contribution < -0.4 is 10.6 Å². The lowest BCUT2D eigenvalue weighted by Crippen LogP contribution is -2.24. The highest BCUT2D eigenvalue weighted by atomic mass is 35.5. The van der Waals surface area contributed by atoms with E-state index in [9.17, 15) is 0 Å². The molecule has 0 spiro atoms. The number of nitrogens with zero attached hydrogens (tertiary/aromatic N) is 1. The van der Waals surface area contributed by atoms with Gasteiger partial charge in [-0.25, -0.2) is 0 Å². The number of anilines is 1. The van der Waals surface area contributed by atoms with Gasteiger partial charge in [0.1, 0.15) is 0 Å². The van der Waals surface area contributed by atoms with Crippen LogP contribution in [0, 0.1) is 6.92 Å². The van der Waals surface area contributed by atoms with E-state index in [0.29, 0.717) is 6.54 Å². The van der Waals surface area contributed by atoms with Crippen LogP contribution >= 0.6 is 11.6 Å². The Kier molecular flexibility index (Phi) is 4.69. The monoisotopic (exact) mass is 288 g/mol. The molecule has 0 aliphatic carbocycles. The van der Waals surface area contributed by atoms with Crippen LogP contribution in [0.5, 0.6) is 0 Å². The van der Waals surface area contributed by atoms with E-state index in [1.165, 1.54) is 22.4 Å². The summed E-state index contributed by atoms with van der Waals surface area (Å²) in [5.41, 5.74) is 10.8. The third-order valence-electron chi connectivity index (χ3n) is 3.83. The first-order valence-corrected chi connectivity index (χ1v) is 7.19. The Hall–Kier alpha value is -1.51. The second-order valence-electron chi connectivity index (χ2n) is 5.13. The summed E-state index contributed by atoms with van der Waals surface area (Å²) in [7, 11) is 2.11. The molecule has 106 valence electrons. The summed E-state index contributed by atoms with van der Waals surface area (Å²) >= 11 is 5.96. The molecule has 0 radical (unpaired) electrons. The first-order chi connectivity index (χ1) is 9.54. The number of aryl methyl sites for hydroxylation is 1. The van der Waals surface area contributed by atoms with Crippen molar-refractivity contribution in [1.29, 1.82) is 0 Å². The maximum Gasteiger partial charge on any atom is 0.0511 e. The summed E-state index contributed by atoms with van der Waals surface area (Å²) in [4.78, 5) is 2.28. The van der Waals surface area contributed by atoms with E-state index >= 15 is 0 Å². The largest absolute Gasteiger partial charge is 0.367 e. The van der Waals surface area contributed by atoms with Crippen LogP contribution in [-0.4, -0.2) is 7.05 Å². The molecule has 0 aromatic heterocycles. The van der Waals surface area contributed by atoms with Gasteiger partial charge in [0, 0.05) is 24.3 Å². The quantitative estimate of drug-likeness (QED) is 0.908. The van der Waals surface area contributed by atoms with E-state index in [1.807, 2.05) is 12.1 Å². The topological polar surface area (TPSA) is 29.3 Å². The first-order valence-electron chi connectivity index (χ1n) is 6.81. The zero-order chi connectivity index (χ0) is 14.7. The minimum Gasteiger partial charge on any atom is -0.367 e. The number of nitrogens with two attached hydrogens (primary N) is 1. The van der Waals surface area contributed by atoms with Crippen LogP contribution in [-0.2, 0) is 6.54 Å². The van der Waals surface area contributed by atoms with Gasteiger partial charge in [-0.15, -0.1) is 0 Å². The molecule has 0 amide bonds. The lowest BCUT2D eigenvalue weighted by molar-refractivity contribution is 0.732. The van der Waals surface area contributed by atoms with Gasteiger partial charge in [0.2, 0.25) is 0 Å². The molecule has 2 aromatic rings. The average Bonchev–Trinajstić information content (AvgIpc) is 2.46. The van der Waals surface area contributed by atoms with Crippen molar-refractivity contribution in [3.05, 3.63) is 64.2 Å². The van der Waals surface area contributed by atoms with Crippen LogP contribution in [0.15, 0.2) is 42.5 Å². The summed E-state index contributed by atoms with van der Waals surface area (Å²) in [5, 5.41) is 0.766. The molecule has 1 atom stereocenters. The van der Waals surface area contributed by atoms with Gasteiger partial charge < -0.3 is 10.6 Å². The Labute approximate surface area is 126 Å². The van der Waals surface area contributed by atoms with Gasteiger partial charge in [-0.3, -0.25) is 0 Å². The van der Waals surface area contributed by atoms with E-state index in [4.69, 9.17) is 17.3 Å². The molecule has 0 saturated carbocycles. The average molecular weight is 289 g/mol. The molecule has 3 heteroatoms. The second kappa shape index (κ2) is 6.29. The standard InChI is InChI=1S/C17H21ClN2/c1-12-5-4-6-15(11-19)17(12)20(3)13(2)14-7-9-16(18)10-8-14/h4-10,13H,11,19H2,1-3H3. The number of hydrogen-bond donors (Lipinski definition) is 1. The predicted octanol–water partition coefficient (Wildman–Crippen LogP) is 4.30. The van der Waals surface area contributed by atoms with Crippen molar-refractivity contribution >= 4 is 17.3 Å². The van der Waals surface area contributed by atoms with E-state index in [2.05, 4.69) is 56.1 Å². The molecule has 0 saturated heterocycles. The normalized spacial score (nSPS) is 12.2. The number of para-hydroxylation sites is 1. The number of hydrogen-bond acceptors (Lipinski definition) is 2. The minimum absolute atomic E-state index is 0.263. The Bertz CT molecular complexity index is 578. The van der Waals surface area contributed by atoms with Crippen molar-refractivity contribution in [2.75, 3.05) is 11.9 Å². The molecule has 0 fully saturated rings. The molecule has 1 unspecified atom stereocenters. The third-order valence-corrected chi connectivity index (χ3v) is 4.08. The second-order valence-corrected chi connectivity index (χ2v) is 5.56. The Morgan fingerprint density at radius 1 is 1.15 bits per heavy atom. The van der Waals surface area contributed by atoms with Gasteiger partial charge in [0.25, 0.3) is 0 Å². The molecule has 0 aliphatic heterocycles. The van der Waals surface area contributed by atoms with Crippen molar-refractivity contribution in [3.63, 3.8) is 0 Å². The molecule has 0 bridgehead atoms. The summed E-state index contributed by atoms with van der Waals surface area (Å²) in [6.45, 7) is 4.87. The van der Waals surface area contributed by atoms with Gasteiger partial charge in [-0.05, 0) is 42.7 Å². The predicted molar refractivity (Wildman–Crippen MR) is 87.3 cm³/mol. The van der Waals surface area contributed by atoms with Crippen LogP contribution in [0.25, 0.3) is 0 Å². The highest BCUT2D eigenvalue weighted by Gasteiger charge is 2.16. The van der Waals surface area contributed by atoms with Gasteiger partial charge >= 0.3 is 0 Å². The zero-order valence-corrected chi connectivity index (χ0v) is 13.0. The van der Waals surface area contributed by atoms with Gasteiger partial charge in [-0.1, -0.05) is 41.9 Å². The van der Waals surface area contributed by atoms with Crippen molar-refractivity contribution in [3.8, 4) is 0 Å². The molecular formula is C17H21ClN2. The maximum absolute atomic E-state index is 5.96. The fourth-order valence-electron chi connectivity index (χ4n) is 2.55. The van der Waals surface area contributed by atoms with E-state index in [1.54, 1.807) is 0 Å². The fourth-order valence-corrected chi connectivity index (χ4v) is 2.67. The van der Waals surface area contributed by atoms with Gasteiger partial charge in [0.15, 0.2) is 0 Å². The molecule has 0 aliphatic rings. The molecule has 2 nitrogen and oxygen atoms in total. The number of halogens is 1. The van der Waals surface area contributed by atoms with Crippen LogP contribution in [0.1, 0.15) is 29.7 Å². The van der Waals surface area contributed by atoms with Gasteiger partial charge in [0.05, 0.1) is 6.04 Å². The fraction of sp³-hybridized carbons (Fsp3) is 0.294. The Morgan fingerprint density at radius 2 is 1.80 bits per heavy atom. The number of benzene rings is 2. The minimum atomic E-state index is 0.263. The van der Waals surface area contributed by atoms with Gasteiger partial charge in [-0.2, -0.15) is 0 Å². The maximum atomic E-state index is 5.96. The Balaban J connectivity index is 2.35. The van der Waals surface area contributed by atoms with Crippen molar-refractivity contribution < 1.29 is 0 Å². The summed E-state index contributed by atoms with van der Waals surface area (Å²) in [6, 6.07) is 14.5. The van der Waals surface area contributed by atoms with E-state index < -0.39 is 0 Å². The third kappa shape index (κ3) is 2.97. The zero-order valence-electron chi connectivity index (χ0n) is 12.2. The smallest absolute Gasteiger partial charge is 0.0511 e. The lowest BCUT2D eigenvalue weighted by Gasteiger charge is -2.30. The highest BCUT2D eigenvalue weighted by Crippen LogP contribution is 2.31. The van der Waals surface area contributed by atoms with Crippen LogP contribution in [0.3, 0.4) is 0 Å². The summed E-state index contributed by atoms with van der Waals surface area (Å²) in [5.74, 6) is 0. The van der Waals surface area contributed by atoms with E-state index in [-0.39, 0.29) is 6.04 Å². The molecule has 20 heavy (non-hydrogen) atoms. The van der Waals surface area contributed by atoms with Crippen LogP contribution in [0.2, 0.25) is 5.02 Å². The molecule has 2 aromatic carbocycles. The van der Waals surface area contributed by atoms with Crippen molar-refractivity contribution in [2.24, 2.45) is 5.73 Å². The van der Waals surface area contributed by atoms with Crippen molar-refractivity contribution in [1.82, 2.24) is 0 Å². The molecule has 0 heterocycles. The first kappa shape index (κ1) is 14.9. The number of rotatable bonds is 4. The molecule has 2 N–H and O–H groups in total. The van der Waals surface area contributed by atoms with Crippen molar-refractivity contribution in [2.45, 2.75) is 26.4 Å². The Morgan fingerprint density at radius 3 is 2.40 bits per heavy atom. The summed E-state index contributed by atoms with van der Waals surface area (Å²) < 4.78 is 0. The van der Waals surface area contributed by atoms with Crippen LogP contribution in [0.4, 0.5) is 5.69 Å². The lowest BCUT2D eigenvalue weighted by atomic mass is 10.0. The van der Waals surface area contributed by atoms with E-state index in [0.717, 1.165) is 5.02 Å². The highest BCUT2D eigenvalue weighted by molar-refractivity contribution is 6.30. The SMILES string of the molecule is Cc1cccc(CN)c1N(C)C(C)c1ccc(Cl)cc1. The molecule has 2 rings (SSSR count). The molecular weight excluding hydrogens is 268 g/mol.